The fraction of sp³-hybridized carbons (Fsp3) is 0.208. The highest BCUT2D eigenvalue weighted by Gasteiger charge is 2.47. The van der Waals surface area contributed by atoms with E-state index in [0.29, 0.717) is 18.5 Å². The molecule has 0 radical (unpaired) electrons. The van der Waals surface area contributed by atoms with Gasteiger partial charge in [-0.2, -0.15) is 0 Å². The lowest BCUT2D eigenvalue weighted by Gasteiger charge is -2.21. The maximum absolute atomic E-state index is 12.9. The summed E-state index contributed by atoms with van der Waals surface area (Å²) in [6.07, 6.45) is 1.11. The van der Waals surface area contributed by atoms with Gasteiger partial charge in [-0.15, -0.1) is 0 Å². The van der Waals surface area contributed by atoms with Crippen molar-refractivity contribution in [3.63, 3.8) is 0 Å². The van der Waals surface area contributed by atoms with E-state index in [-0.39, 0.29) is 12.5 Å². The third kappa shape index (κ3) is 3.89. The summed E-state index contributed by atoms with van der Waals surface area (Å²) in [6.45, 7) is 1.38. The van der Waals surface area contributed by atoms with Crippen LogP contribution in [0.5, 0.6) is 0 Å². The summed E-state index contributed by atoms with van der Waals surface area (Å²) < 4.78 is 0. The molecule has 30 heavy (non-hydrogen) atoms. The van der Waals surface area contributed by atoms with Crippen LogP contribution < -0.4 is 10.6 Å². The van der Waals surface area contributed by atoms with E-state index in [2.05, 4.69) is 10.6 Å². The van der Waals surface area contributed by atoms with E-state index in [1.54, 1.807) is 13.0 Å². The molecule has 2 N–H and O–H groups in total. The third-order valence-electron chi connectivity index (χ3n) is 5.47. The van der Waals surface area contributed by atoms with E-state index < -0.39 is 17.5 Å². The van der Waals surface area contributed by atoms with E-state index in [0.717, 1.165) is 21.2 Å². The van der Waals surface area contributed by atoms with E-state index in [9.17, 15) is 14.4 Å². The highest BCUT2D eigenvalue weighted by molar-refractivity contribution is 6.11. The molecule has 0 bridgehead atoms. The Morgan fingerprint density at radius 1 is 0.967 bits per heavy atom. The number of carbonyl (C=O) groups is 3. The standard InChI is InChI=1S/C24H23N3O3/c1-24(15-14-17-8-3-2-4-9-17)22(29)27(23(30)26-24)16-21(28)25-20-13-7-11-18-10-5-6-12-19(18)20/h2-13H,14-16H2,1H3,(H,25,28)(H,26,30)/t24-/m0/s1. The van der Waals surface area contributed by atoms with E-state index in [1.807, 2.05) is 66.7 Å². The zero-order chi connectivity index (χ0) is 21.1. The average Bonchev–Trinajstić information content (AvgIpc) is 2.97. The minimum Gasteiger partial charge on any atom is -0.324 e. The largest absolute Gasteiger partial charge is 0.325 e. The van der Waals surface area contributed by atoms with Crippen molar-refractivity contribution in [2.75, 3.05) is 11.9 Å². The average molecular weight is 401 g/mol. The van der Waals surface area contributed by atoms with Gasteiger partial charge in [0.2, 0.25) is 5.91 Å². The number of imide groups is 1. The molecular formula is C24H23N3O3. The summed E-state index contributed by atoms with van der Waals surface area (Å²) in [5.74, 6) is -0.793. The fourth-order valence-corrected chi connectivity index (χ4v) is 3.77. The predicted octanol–water partition coefficient (Wildman–Crippen LogP) is 3.72. The Morgan fingerprint density at radius 3 is 2.47 bits per heavy atom. The van der Waals surface area contributed by atoms with Gasteiger partial charge in [0.15, 0.2) is 0 Å². The number of aryl methyl sites for hydroxylation is 1. The highest BCUT2D eigenvalue weighted by Crippen LogP contribution is 2.25. The first-order chi connectivity index (χ1) is 14.5. The highest BCUT2D eigenvalue weighted by atomic mass is 16.2. The van der Waals surface area contributed by atoms with Gasteiger partial charge in [0.1, 0.15) is 12.1 Å². The van der Waals surface area contributed by atoms with Gasteiger partial charge < -0.3 is 10.6 Å². The molecule has 0 saturated carbocycles. The number of carbonyl (C=O) groups excluding carboxylic acids is 3. The van der Waals surface area contributed by atoms with Crippen molar-refractivity contribution in [3.05, 3.63) is 78.4 Å². The van der Waals surface area contributed by atoms with Crippen LogP contribution in [0.4, 0.5) is 10.5 Å². The first kappa shape index (κ1) is 19.6. The molecule has 4 rings (SSSR count). The van der Waals surface area contributed by atoms with Gasteiger partial charge in [-0.3, -0.25) is 14.5 Å². The third-order valence-corrected chi connectivity index (χ3v) is 5.47. The number of nitrogens with zero attached hydrogens (tertiary/aromatic N) is 1. The Balaban J connectivity index is 1.43. The number of anilines is 1. The lowest BCUT2D eigenvalue weighted by molar-refractivity contribution is -0.133. The van der Waals surface area contributed by atoms with Crippen molar-refractivity contribution in [1.82, 2.24) is 10.2 Å². The molecule has 3 aromatic carbocycles. The molecule has 1 heterocycles. The molecule has 4 amide bonds. The molecule has 1 fully saturated rings. The van der Waals surface area contributed by atoms with Gasteiger partial charge in [-0.05, 0) is 36.8 Å². The van der Waals surface area contributed by atoms with Crippen LogP contribution in [0.15, 0.2) is 72.8 Å². The molecule has 0 spiro atoms. The Bertz CT molecular complexity index is 1110. The lowest BCUT2D eigenvalue weighted by atomic mass is 9.93. The molecule has 1 saturated heterocycles. The van der Waals surface area contributed by atoms with Crippen LogP contribution in [0.1, 0.15) is 18.9 Å². The fourth-order valence-electron chi connectivity index (χ4n) is 3.77. The Morgan fingerprint density at radius 2 is 1.67 bits per heavy atom. The van der Waals surface area contributed by atoms with Gasteiger partial charge in [0.25, 0.3) is 5.91 Å². The van der Waals surface area contributed by atoms with Gasteiger partial charge in [0, 0.05) is 11.1 Å². The summed E-state index contributed by atoms with van der Waals surface area (Å²) >= 11 is 0. The zero-order valence-corrected chi connectivity index (χ0v) is 16.7. The number of nitrogens with one attached hydrogen (secondary N) is 2. The number of amides is 4. The predicted molar refractivity (Wildman–Crippen MR) is 116 cm³/mol. The van der Waals surface area contributed by atoms with E-state index >= 15 is 0 Å². The topological polar surface area (TPSA) is 78.5 Å². The molecule has 152 valence electrons. The molecule has 6 heteroatoms. The van der Waals surface area contributed by atoms with Crippen LogP contribution in [-0.4, -0.2) is 34.8 Å². The molecule has 0 unspecified atom stereocenters. The summed E-state index contributed by atoms with van der Waals surface area (Å²) in [5, 5.41) is 7.48. The van der Waals surface area contributed by atoms with E-state index in [1.165, 1.54) is 0 Å². The van der Waals surface area contributed by atoms with Gasteiger partial charge in [-0.1, -0.05) is 66.7 Å². The monoisotopic (exact) mass is 401 g/mol. The summed E-state index contributed by atoms with van der Waals surface area (Å²) in [7, 11) is 0. The minimum absolute atomic E-state index is 0.325. The lowest BCUT2D eigenvalue weighted by Crippen LogP contribution is -2.45. The van der Waals surface area contributed by atoms with Gasteiger partial charge in [-0.25, -0.2) is 4.79 Å². The van der Waals surface area contributed by atoms with Crippen LogP contribution in [0.3, 0.4) is 0 Å². The van der Waals surface area contributed by atoms with E-state index in [4.69, 9.17) is 0 Å². The molecule has 6 nitrogen and oxygen atoms in total. The number of hydrogen-bond donors (Lipinski definition) is 2. The van der Waals surface area contributed by atoms with Crippen molar-refractivity contribution in [2.24, 2.45) is 0 Å². The normalized spacial score (nSPS) is 18.5. The Kier molecular flexibility index (Phi) is 5.23. The quantitative estimate of drug-likeness (QED) is 0.618. The molecule has 1 aliphatic heterocycles. The van der Waals surface area contributed by atoms with Crippen molar-refractivity contribution in [2.45, 2.75) is 25.3 Å². The maximum Gasteiger partial charge on any atom is 0.325 e. The number of hydrogen-bond acceptors (Lipinski definition) is 3. The Hall–Kier alpha value is -3.67. The van der Waals surface area contributed by atoms with Crippen LogP contribution in [0, 0.1) is 0 Å². The van der Waals surface area contributed by atoms with Crippen molar-refractivity contribution in [3.8, 4) is 0 Å². The zero-order valence-electron chi connectivity index (χ0n) is 16.7. The molecular weight excluding hydrogens is 378 g/mol. The first-order valence-corrected chi connectivity index (χ1v) is 9.92. The molecule has 3 aromatic rings. The first-order valence-electron chi connectivity index (χ1n) is 9.92. The molecule has 1 aliphatic rings. The van der Waals surface area contributed by atoms with Crippen LogP contribution >= 0.6 is 0 Å². The van der Waals surface area contributed by atoms with Crippen LogP contribution in [0.2, 0.25) is 0 Å². The van der Waals surface area contributed by atoms with Crippen molar-refractivity contribution < 1.29 is 14.4 Å². The van der Waals surface area contributed by atoms with Gasteiger partial charge >= 0.3 is 6.03 Å². The van der Waals surface area contributed by atoms with Crippen LogP contribution in [-0.2, 0) is 16.0 Å². The SMILES string of the molecule is C[C@@]1(CCc2ccccc2)NC(=O)N(CC(=O)Nc2cccc3ccccc23)C1=O. The molecule has 1 atom stereocenters. The number of rotatable bonds is 6. The summed E-state index contributed by atoms with van der Waals surface area (Å²) in [6, 6.07) is 22.6. The molecule has 0 aliphatic carbocycles. The number of benzene rings is 3. The van der Waals surface area contributed by atoms with Crippen LogP contribution in [0.25, 0.3) is 10.8 Å². The second-order valence-electron chi connectivity index (χ2n) is 7.71. The summed E-state index contributed by atoms with van der Waals surface area (Å²) in [5.41, 5.74) is 0.719. The number of fused-ring (bicyclic) bond motifs is 1. The van der Waals surface area contributed by atoms with Gasteiger partial charge in [0.05, 0.1) is 0 Å². The number of urea groups is 1. The van der Waals surface area contributed by atoms with Crippen molar-refractivity contribution >= 4 is 34.3 Å². The second kappa shape index (κ2) is 7.99. The van der Waals surface area contributed by atoms with Crippen molar-refractivity contribution in [1.29, 1.82) is 0 Å². The maximum atomic E-state index is 12.9. The Labute approximate surface area is 174 Å². The molecule has 0 aromatic heterocycles. The minimum atomic E-state index is -1.02. The summed E-state index contributed by atoms with van der Waals surface area (Å²) in [4.78, 5) is 38.9. The second-order valence-corrected chi connectivity index (χ2v) is 7.71. The smallest absolute Gasteiger partial charge is 0.324 e.